The second-order valence-electron chi connectivity index (χ2n) is 8.67. The van der Waals surface area contributed by atoms with Gasteiger partial charge in [-0.15, -0.1) is 0 Å². The standard InChI is InChI=1S/C20H22O6/c1-18-9-14(11-5-8-24-10-11)25-16(21)12(18)3-6-19(2)15(18)13-4-7-20(19,23)17(22)26-13/h4-5,7-8,10,12-15,23H,3,6,9H2,1-2H3/t12-,13+,14+,15-,18+,19+,20-/m0/s1. The molecule has 0 spiro atoms. The van der Waals surface area contributed by atoms with Gasteiger partial charge in [0.2, 0.25) is 0 Å². The molecule has 0 amide bonds. The SMILES string of the molecule is C[C@@]12C[C@H](c3ccoc3)OC(=O)[C@@H]1CC[C@]1(C)[C@H]2[C@H]2C=C[C@]1(O)C(=O)O2. The predicted molar refractivity (Wildman–Crippen MR) is 88.6 cm³/mol. The lowest BCUT2D eigenvalue weighted by molar-refractivity contribution is -0.259. The van der Waals surface area contributed by atoms with Crippen molar-refractivity contribution in [2.45, 2.75) is 50.9 Å². The van der Waals surface area contributed by atoms with Crippen molar-refractivity contribution in [1.82, 2.24) is 0 Å². The lowest BCUT2D eigenvalue weighted by Crippen LogP contribution is -2.72. The smallest absolute Gasteiger partial charge is 0.343 e. The molecule has 0 radical (unpaired) electrons. The minimum Gasteiger partial charge on any atom is -0.472 e. The molecule has 4 heterocycles. The third-order valence-corrected chi connectivity index (χ3v) is 7.51. The van der Waals surface area contributed by atoms with E-state index in [2.05, 4.69) is 6.92 Å². The number of fused-ring (bicyclic) bond motifs is 2. The molecule has 5 aliphatic rings. The van der Waals surface area contributed by atoms with Crippen molar-refractivity contribution in [3.8, 4) is 0 Å². The van der Waals surface area contributed by atoms with Gasteiger partial charge in [0.15, 0.2) is 5.60 Å². The van der Waals surface area contributed by atoms with Crippen molar-refractivity contribution in [1.29, 1.82) is 0 Å². The van der Waals surface area contributed by atoms with E-state index in [4.69, 9.17) is 13.9 Å². The van der Waals surface area contributed by atoms with Crippen molar-refractivity contribution in [2.24, 2.45) is 22.7 Å². The molecule has 2 saturated heterocycles. The molecule has 26 heavy (non-hydrogen) atoms. The normalized spacial score (nSPS) is 49.2. The fraction of sp³-hybridized carbons (Fsp3) is 0.600. The third-order valence-electron chi connectivity index (χ3n) is 7.51. The van der Waals surface area contributed by atoms with Crippen molar-refractivity contribution >= 4 is 11.9 Å². The Balaban J connectivity index is 1.61. The Bertz CT molecular complexity index is 812. The number of esters is 2. The summed E-state index contributed by atoms with van der Waals surface area (Å²) in [6, 6.07) is 1.81. The molecule has 3 fully saturated rings. The fourth-order valence-electron chi connectivity index (χ4n) is 6.16. The molecule has 2 bridgehead atoms. The highest BCUT2D eigenvalue weighted by Gasteiger charge is 2.72. The van der Waals surface area contributed by atoms with Gasteiger partial charge in [-0.3, -0.25) is 4.79 Å². The first-order valence-electron chi connectivity index (χ1n) is 9.15. The summed E-state index contributed by atoms with van der Waals surface area (Å²) in [4.78, 5) is 25.2. The minimum atomic E-state index is -1.63. The first-order valence-corrected chi connectivity index (χ1v) is 9.15. The molecule has 6 heteroatoms. The maximum Gasteiger partial charge on any atom is 0.343 e. The molecule has 0 aromatic carbocycles. The largest absolute Gasteiger partial charge is 0.472 e. The van der Waals surface area contributed by atoms with Crippen LogP contribution in [0.15, 0.2) is 35.2 Å². The van der Waals surface area contributed by atoms with Crippen molar-refractivity contribution < 1.29 is 28.6 Å². The first-order chi connectivity index (χ1) is 12.3. The zero-order chi connectivity index (χ0) is 18.3. The van der Waals surface area contributed by atoms with Crippen LogP contribution < -0.4 is 0 Å². The molecule has 3 aliphatic heterocycles. The highest BCUT2D eigenvalue weighted by Crippen LogP contribution is 2.67. The summed E-state index contributed by atoms with van der Waals surface area (Å²) in [5.74, 6) is -1.20. The monoisotopic (exact) mass is 358 g/mol. The molecule has 2 aliphatic carbocycles. The van der Waals surface area contributed by atoms with Crippen molar-refractivity contribution in [3.63, 3.8) is 0 Å². The summed E-state index contributed by atoms with van der Waals surface area (Å²) in [5, 5.41) is 11.2. The molecule has 0 unspecified atom stereocenters. The molecule has 6 rings (SSSR count). The Morgan fingerprint density at radius 3 is 2.73 bits per heavy atom. The van der Waals surface area contributed by atoms with E-state index in [0.29, 0.717) is 19.3 Å². The average molecular weight is 358 g/mol. The topological polar surface area (TPSA) is 86.0 Å². The molecule has 1 N–H and O–H groups in total. The number of carbonyl (C=O) groups is 2. The average Bonchev–Trinajstić information content (AvgIpc) is 3.10. The van der Waals surface area contributed by atoms with Gasteiger partial charge < -0.3 is 19.0 Å². The van der Waals surface area contributed by atoms with E-state index in [1.807, 2.05) is 13.0 Å². The van der Waals surface area contributed by atoms with Crippen LogP contribution >= 0.6 is 0 Å². The number of cyclic esters (lactones) is 1. The first kappa shape index (κ1) is 16.1. The number of furan rings is 1. The second-order valence-corrected chi connectivity index (χ2v) is 8.67. The summed E-state index contributed by atoms with van der Waals surface area (Å²) >= 11 is 0. The van der Waals surface area contributed by atoms with Crippen LogP contribution in [0.25, 0.3) is 0 Å². The van der Waals surface area contributed by atoms with Gasteiger partial charge in [-0.05, 0) is 42.9 Å². The highest BCUT2D eigenvalue weighted by molar-refractivity contribution is 5.86. The number of aliphatic hydroxyl groups is 1. The van der Waals surface area contributed by atoms with Crippen LogP contribution in [0.1, 0.15) is 44.8 Å². The molecule has 1 saturated carbocycles. The Hall–Kier alpha value is -2.08. The van der Waals surface area contributed by atoms with Gasteiger partial charge in [-0.2, -0.15) is 0 Å². The summed E-state index contributed by atoms with van der Waals surface area (Å²) in [6.07, 6.45) is 7.52. The Morgan fingerprint density at radius 2 is 2.04 bits per heavy atom. The summed E-state index contributed by atoms with van der Waals surface area (Å²) in [7, 11) is 0. The minimum absolute atomic E-state index is 0.149. The van der Waals surface area contributed by atoms with Crippen molar-refractivity contribution in [3.05, 3.63) is 36.3 Å². The number of hydrogen-bond donors (Lipinski definition) is 1. The summed E-state index contributed by atoms with van der Waals surface area (Å²) in [5.41, 5.74) is -1.91. The Kier molecular flexibility index (Phi) is 2.97. The van der Waals surface area contributed by atoms with Crippen molar-refractivity contribution in [2.75, 3.05) is 0 Å². The van der Waals surface area contributed by atoms with Crippen LogP contribution in [-0.4, -0.2) is 28.8 Å². The van der Waals surface area contributed by atoms with Crippen LogP contribution in [0.4, 0.5) is 0 Å². The van der Waals surface area contributed by atoms with E-state index >= 15 is 0 Å². The van der Waals surface area contributed by atoms with Gasteiger partial charge in [0.25, 0.3) is 0 Å². The van der Waals surface area contributed by atoms with E-state index in [9.17, 15) is 14.7 Å². The quantitative estimate of drug-likeness (QED) is 0.613. The number of ether oxygens (including phenoxy) is 2. The molecule has 6 nitrogen and oxygen atoms in total. The third kappa shape index (κ3) is 1.71. The van der Waals surface area contributed by atoms with E-state index < -0.39 is 28.5 Å². The number of hydrogen-bond acceptors (Lipinski definition) is 6. The van der Waals surface area contributed by atoms with Crippen LogP contribution in [0.3, 0.4) is 0 Å². The van der Waals surface area contributed by atoms with Crippen LogP contribution in [0.5, 0.6) is 0 Å². The molecular formula is C20H22O6. The van der Waals surface area contributed by atoms with Crippen LogP contribution in [-0.2, 0) is 19.1 Å². The van der Waals surface area contributed by atoms with E-state index in [1.54, 1.807) is 24.7 Å². The van der Waals surface area contributed by atoms with Gasteiger partial charge in [-0.25, -0.2) is 4.79 Å². The summed E-state index contributed by atoms with van der Waals surface area (Å²) < 4.78 is 16.4. The molecule has 1 aromatic rings. The van der Waals surface area contributed by atoms with Gasteiger partial charge >= 0.3 is 11.9 Å². The number of carbonyl (C=O) groups excluding carboxylic acids is 2. The maximum atomic E-state index is 12.8. The van der Waals surface area contributed by atoms with E-state index in [0.717, 1.165) is 5.56 Å². The zero-order valence-electron chi connectivity index (χ0n) is 14.8. The molecule has 138 valence electrons. The lowest BCUT2D eigenvalue weighted by atomic mass is 9.42. The predicted octanol–water partition coefficient (Wildman–Crippen LogP) is 2.53. The lowest BCUT2D eigenvalue weighted by Gasteiger charge is -2.65. The fourth-order valence-corrected chi connectivity index (χ4v) is 6.16. The van der Waals surface area contributed by atoms with Gasteiger partial charge in [0, 0.05) is 16.9 Å². The van der Waals surface area contributed by atoms with Gasteiger partial charge in [0.05, 0.1) is 18.4 Å². The molecule has 7 atom stereocenters. The Morgan fingerprint density at radius 1 is 1.23 bits per heavy atom. The summed E-state index contributed by atoms with van der Waals surface area (Å²) in [6.45, 7) is 4.04. The Labute approximate surface area is 151 Å². The van der Waals surface area contributed by atoms with Crippen LogP contribution in [0.2, 0.25) is 0 Å². The van der Waals surface area contributed by atoms with E-state index in [-0.39, 0.29) is 23.9 Å². The second kappa shape index (κ2) is 4.80. The van der Waals surface area contributed by atoms with Gasteiger partial charge in [0.1, 0.15) is 12.2 Å². The zero-order valence-corrected chi connectivity index (χ0v) is 14.8. The molecular weight excluding hydrogens is 336 g/mol. The maximum absolute atomic E-state index is 12.8. The van der Waals surface area contributed by atoms with Crippen LogP contribution in [0, 0.1) is 22.7 Å². The van der Waals surface area contributed by atoms with Gasteiger partial charge in [-0.1, -0.05) is 13.8 Å². The van der Waals surface area contributed by atoms with E-state index in [1.165, 1.54) is 0 Å². The highest BCUT2D eigenvalue weighted by atomic mass is 16.6. The molecule has 1 aromatic heterocycles. The number of rotatable bonds is 1.